The Morgan fingerprint density at radius 3 is 2.35 bits per heavy atom. The maximum absolute atomic E-state index is 11.5. The Morgan fingerprint density at radius 2 is 1.75 bits per heavy atom. The van der Waals surface area contributed by atoms with Crippen LogP contribution in [-0.4, -0.2) is 38.9 Å². The number of nitrogens with one attached hydrogen (secondary N) is 3. The van der Waals surface area contributed by atoms with Gasteiger partial charge in [0.15, 0.2) is 0 Å². The molecule has 20 heavy (non-hydrogen) atoms. The van der Waals surface area contributed by atoms with Crippen LogP contribution in [0.3, 0.4) is 0 Å². The summed E-state index contributed by atoms with van der Waals surface area (Å²) in [4.78, 5) is 22.5. The molecule has 7 heteroatoms. The van der Waals surface area contributed by atoms with E-state index in [0.717, 1.165) is 5.75 Å². The van der Waals surface area contributed by atoms with E-state index >= 15 is 0 Å². The summed E-state index contributed by atoms with van der Waals surface area (Å²) < 4.78 is 9.69. The van der Waals surface area contributed by atoms with Crippen molar-refractivity contribution < 1.29 is 19.1 Å². The van der Waals surface area contributed by atoms with E-state index in [4.69, 9.17) is 4.74 Å². The molecule has 0 aliphatic rings. The lowest BCUT2D eigenvalue weighted by molar-refractivity contribution is 0.152. The smallest absolute Gasteiger partial charge is 0.407 e. The molecule has 0 atom stereocenters. The van der Waals surface area contributed by atoms with Crippen LogP contribution in [0.2, 0.25) is 0 Å². The number of benzene rings is 1. The molecule has 1 aromatic rings. The van der Waals surface area contributed by atoms with Gasteiger partial charge < -0.3 is 25.4 Å². The van der Waals surface area contributed by atoms with Crippen molar-refractivity contribution in [1.29, 1.82) is 0 Å². The number of hydrogen-bond donors (Lipinski definition) is 3. The fourth-order valence-electron chi connectivity index (χ4n) is 1.37. The molecule has 0 heterocycles. The molecule has 0 fully saturated rings. The number of anilines is 1. The third kappa shape index (κ3) is 5.94. The molecule has 0 saturated carbocycles. The van der Waals surface area contributed by atoms with Crippen LogP contribution >= 0.6 is 0 Å². The molecule has 0 bridgehead atoms. The van der Waals surface area contributed by atoms with Crippen molar-refractivity contribution in [2.24, 2.45) is 0 Å². The molecule has 1 aromatic carbocycles. The number of methoxy groups -OCH3 is 1. The maximum Gasteiger partial charge on any atom is 0.407 e. The molecule has 0 unspecified atom stereocenters. The summed E-state index contributed by atoms with van der Waals surface area (Å²) in [6, 6.07) is 6.61. The number of amides is 3. The lowest BCUT2D eigenvalue weighted by atomic mass is 10.3. The van der Waals surface area contributed by atoms with Crippen LogP contribution in [0.5, 0.6) is 5.75 Å². The SMILES string of the molecule is CCOC(=O)NCCNC(=O)Nc1ccc(OC)cc1. The third-order valence-corrected chi connectivity index (χ3v) is 2.30. The minimum atomic E-state index is -0.495. The van der Waals surface area contributed by atoms with E-state index in [1.165, 1.54) is 0 Å². The van der Waals surface area contributed by atoms with Gasteiger partial charge in [0.2, 0.25) is 0 Å². The molecule has 0 aromatic heterocycles. The maximum atomic E-state index is 11.5. The fraction of sp³-hybridized carbons (Fsp3) is 0.385. The van der Waals surface area contributed by atoms with Crippen LogP contribution in [0.15, 0.2) is 24.3 Å². The van der Waals surface area contributed by atoms with E-state index in [1.807, 2.05) is 0 Å². The van der Waals surface area contributed by atoms with Crippen LogP contribution in [0.4, 0.5) is 15.3 Å². The molecule has 0 saturated heterocycles. The standard InChI is InChI=1S/C13H19N3O4/c1-3-20-13(18)15-9-8-14-12(17)16-10-4-6-11(19-2)7-5-10/h4-7H,3,8-9H2,1-2H3,(H,15,18)(H2,14,16,17). The number of carbonyl (C=O) groups excluding carboxylic acids is 2. The summed E-state index contributed by atoms with van der Waals surface area (Å²) in [6.07, 6.45) is -0.495. The second kappa shape index (κ2) is 8.63. The summed E-state index contributed by atoms with van der Waals surface area (Å²) in [6.45, 7) is 2.65. The highest BCUT2D eigenvalue weighted by atomic mass is 16.5. The van der Waals surface area contributed by atoms with Gasteiger partial charge in [0.1, 0.15) is 5.75 Å². The van der Waals surface area contributed by atoms with Gasteiger partial charge in [-0.2, -0.15) is 0 Å². The van der Waals surface area contributed by atoms with E-state index in [1.54, 1.807) is 38.3 Å². The average molecular weight is 281 g/mol. The van der Waals surface area contributed by atoms with Gasteiger partial charge in [-0.05, 0) is 31.2 Å². The Kier molecular flexibility index (Phi) is 6.74. The van der Waals surface area contributed by atoms with Gasteiger partial charge in [-0.15, -0.1) is 0 Å². The first-order chi connectivity index (χ1) is 9.65. The first-order valence-corrected chi connectivity index (χ1v) is 6.25. The highest BCUT2D eigenvalue weighted by Crippen LogP contribution is 2.14. The zero-order chi connectivity index (χ0) is 14.8. The van der Waals surface area contributed by atoms with E-state index in [9.17, 15) is 9.59 Å². The summed E-state index contributed by atoms with van der Waals surface area (Å²) in [5, 5.41) is 7.76. The average Bonchev–Trinajstić information content (AvgIpc) is 2.45. The lowest BCUT2D eigenvalue weighted by Gasteiger charge is -2.09. The quantitative estimate of drug-likeness (QED) is 0.690. The van der Waals surface area contributed by atoms with Crippen LogP contribution in [0.25, 0.3) is 0 Å². The summed E-state index contributed by atoms with van der Waals surface area (Å²) in [5.41, 5.74) is 0.654. The lowest BCUT2D eigenvalue weighted by Crippen LogP contribution is -2.37. The zero-order valence-corrected chi connectivity index (χ0v) is 11.6. The molecule has 0 radical (unpaired) electrons. The predicted molar refractivity (Wildman–Crippen MR) is 75.0 cm³/mol. The van der Waals surface area contributed by atoms with E-state index < -0.39 is 6.09 Å². The minimum Gasteiger partial charge on any atom is -0.497 e. The van der Waals surface area contributed by atoms with Crippen molar-refractivity contribution in [3.63, 3.8) is 0 Å². The monoisotopic (exact) mass is 281 g/mol. The third-order valence-electron chi connectivity index (χ3n) is 2.30. The molecular formula is C13H19N3O4. The normalized spacial score (nSPS) is 9.50. The largest absolute Gasteiger partial charge is 0.497 e. The summed E-state index contributed by atoms with van der Waals surface area (Å²) in [7, 11) is 1.58. The molecule has 0 aliphatic carbocycles. The van der Waals surface area contributed by atoms with Gasteiger partial charge >= 0.3 is 12.1 Å². The van der Waals surface area contributed by atoms with Gasteiger partial charge in [0.05, 0.1) is 13.7 Å². The van der Waals surface area contributed by atoms with Crippen molar-refractivity contribution >= 4 is 17.8 Å². The van der Waals surface area contributed by atoms with Crippen molar-refractivity contribution in [3.05, 3.63) is 24.3 Å². The van der Waals surface area contributed by atoms with Gasteiger partial charge in [-0.3, -0.25) is 0 Å². The van der Waals surface area contributed by atoms with Gasteiger partial charge in [0, 0.05) is 18.8 Å². The topological polar surface area (TPSA) is 88.7 Å². The number of alkyl carbamates (subject to hydrolysis) is 1. The van der Waals surface area contributed by atoms with Gasteiger partial charge in [-0.1, -0.05) is 0 Å². The molecule has 0 aliphatic heterocycles. The highest BCUT2D eigenvalue weighted by molar-refractivity contribution is 5.89. The number of hydrogen-bond acceptors (Lipinski definition) is 4. The van der Waals surface area contributed by atoms with Gasteiger partial charge in [-0.25, -0.2) is 9.59 Å². The number of ether oxygens (including phenoxy) is 2. The molecule has 3 amide bonds. The van der Waals surface area contributed by atoms with Crippen molar-refractivity contribution in [1.82, 2.24) is 10.6 Å². The Hall–Kier alpha value is -2.44. The first kappa shape index (κ1) is 15.6. The Bertz CT molecular complexity index is 434. The molecule has 1 rings (SSSR count). The van der Waals surface area contributed by atoms with Crippen molar-refractivity contribution in [2.75, 3.05) is 32.1 Å². The number of urea groups is 1. The summed E-state index contributed by atoms with van der Waals surface area (Å²) in [5.74, 6) is 0.717. The fourth-order valence-corrected chi connectivity index (χ4v) is 1.37. The molecule has 110 valence electrons. The molecule has 7 nitrogen and oxygen atoms in total. The van der Waals surface area contributed by atoms with Crippen LogP contribution in [0.1, 0.15) is 6.92 Å². The first-order valence-electron chi connectivity index (χ1n) is 6.25. The number of rotatable bonds is 6. The van der Waals surface area contributed by atoms with Crippen LogP contribution in [-0.2, 0) is 4.74 Å². The van der Waals surface area contributed by atoms with Crippen molar-refractivity contribution in [2.45, 2.75) is 6.92 Å². The van der Waals surface area contributed by atoms with E-state index in [2.05, 4.69) is 20.7 Å². The molecule has 3 N–H and O–H groups in total. The van der Waals surface area contributed by atoms with Gasteiger partial charge in [0.25, 0.3) is 0 Å². The van der Waals surface area contributed by atoms with Crippen LogP contribution < -0.4 is 20.7 Å². The number of carbonyl (C=O) groups is 2. The minimum absolute atomic E-state index is 0.300. The Morgan fingerprint density at radius 1 is 1.10 bits per heavy atom. The van der Waals surface area contributed by atoms with E-state index in [0.29, 0.717) is 25.4 Å². The van der Waals surface area contributed by atoms with E-state index in [-0.39, 0.29) is 6.03 Å². The second-order valence-electron chi connectivity index (χ2n) is 3.76. The highest BCUT2D eigenvalue weighted by Gasteiger charge is 2.02. The molecule has 0 spiro atoms. The zero-order valence-electron chi connectivity index (χ0n) is 11.6. The Balaban J connectivity index is 2.21. The van der Waals surface area contributed by atoms with Crippen LogP contribution in [0, 0.1) is 0 Å². The predicted octanol–water partition coefficient (Wildman–Crippen LogP) is 1.56. The second-order valence-corrected chi connectivity index (χ2v) is 3.76. The Labute approximate surface area is 117 Å². The summed E-state index contributed by atoms with van der Waals surface area (Å²) >= 11 is 0. The van der Waals surface area contributed by atoms with Crippen molar-refractivity contribution in [3.8, 4) is 5.75 Å². The molecular weight excluding hydrogens is 262 g/mol.